The van der Waals surface area contributed by atoms with Gasteiger partial charge < -0.3 is 10.2 Å². The molecule has 0 aromatic carbocycles. The van der Waals surface area contributed by atoms with E-state index in [-0.39, 0.29) is 63.5 Å². The van der Waals surface area contributed by atoms with E-state index in [1.807, 2.05) is 0 Å². The summed E-state index contributed by atoms with van der Waals surface area (Å²) < 4.78 is 0. The molecule has 0 fully saturated rings. The van der Waals surface area contributed by atoms with Crippen LogP contribution in [-0.4, -0.2) is 21.8 Å². The Morgan fingerprint density at radius 3 is 1.00 bits per heavy atom. The van der Waals surface area contributed by atoms with Gasteiger partial charge in [-0.25, -0.2) is 0 Å². The Labute approximate surface area is 122 Å². The molecular weight excluding hydrogens is 334 g/mol. The monoisotopic (exact) mass is 352 g/mol. The van der Waals surface area contributed by atoms with Crippen LogP contribution in [0.25, 0.3) is 0 Å². The first-order valence-corrected chi connectivity index (χ1v) is 4.01. The van der Waals surface area contributed by atoms with Gasteiger partial charge in [0.05, 0.1) is 11.5 Å². The van der Waals surface area contributed by atoms with Crippen LogP contribution < -0.4 is 0 Å². The third-order valence-corrected chi connectivity index (χ3v) is 0.824. The number of hydrogen-bond donors (Lipinski definition) is 2. The van der Waals surface area contributed by atoms with Crippen LogP contribution in [0.5, 0.6) is 0 Å². The van der Waals surface area contributed by atoms with Crippen LogP contribution in [0.2, 0.25) is 0 Å². The minimum absolute atomic E-state index is 0. The Kier molecular flexibility index (Phi) is 15.9. The van der Waals surface area contributed by atoms with Crippen LogP contribution >= 0.6 is 0 Å². The van der Waals surface area contributed by atoms with E-state index in [0.29, 0.717) is 0 Å². The first kappa shape index (κ1) is 20.2. The smallest absolute Gasteiger partial charge is 0.155 e. The standard InChI is InChI=1S/2C5H8O2.Sm/c2*1-4(6)3-5(2)7;/h2*3,6H,1-2H3;/b2*4-3-;. The molecular formula is C10H16O4Sm. The fourth-order valence-electron chi connectivity index (χ4n) is 0.588. The summed E-state index contributed by atoms with van der Waals surface area (Å²) in [5.74, 6) is -0.125. The first-order chi connectivity index (χ1) is 6.25. The SMILES string of the molecule is CC(=O)/C=C(/C)O.CC(=O)/C=C(/C)O.[Sm]. The van der Waals surface area contributed by atoms with Crippen molar-refractivity contribution >= 4 is 11.6 Å². The van der Waals surface area contributed by atoms with Gasteiger partial charge in [-0.3, -0.25) is 9.59 Å². The number of aliphatic hydroxyl groups is 2. The molecule has 0 aliphatic heterocycles. The van der Waals surface area contributed by atoms with Crippen molar-refractivity contribution in [3.8, 4) is 0 Å². The molecule has 0 aliphatic carbocycles. The van der Waals surface area contributed by atoms with Crippen LogP contribution in [0.15, 0.2) is 23.7 Å². The van der Waals surface area contributed by atoms with Gasteiger partial charge in [-0.2, -0.15) is 0 Å². The zero-order chi connectivity index (χ0) is 11.7. The van der Waals surface area contributed by atoms with E-state index in [9.17, 15) is 9.59 Å². The fourth-order valence-corrected chi connectivity index (χ4v) is 0.588. The zero-order valence-corrected chi connectivity index (χ0v) is 11.9. The van der Waals surface area contributed by atoms with Gasteiger partial charge in [0.1, 0.15) is 0 Å². The van der Waals surface area contributed by atoms with Gasteiger partial charge in [0.15, 0.2) is 11.6 Å². The average Bonchev–Trinajstić information content (AvgIpc) is 1.79. The number of allylic oxidation sites excluding steroid dienone is 4. The number of rotatable bonds is 2. The van der Waals surface area contributed by atoms with Gasteiger partial charge in [0, 0.05) is 52.5 Å². The molecule has 0 aromatic rings. The van der Waals surface area contributed by atoms with Crippen LogP contribution in [0.1, 0.15) is 27.7 Å². The van der Waals surface area contributed by atoms with Crippen LogP contribution in [0, 0.1) is 40.4 Å². The van der Waals surface area contributed by atoms with Crippen molar-refractivity contribution in [2.45, 2.75) is 27.7 Å². The molecule has 0 unspecified atom stereocenters. The molecule has 0 spiro atoms. The van der Waals surface area contributed by atoms with E-state index < -0.39 is 0 Å². The third-order valence-electron chi connectivity index (χ3n) is 0.824. The summed E-state index contributed by atoms with van der Waals surface area (Å²) in [5, 5.41) is 16.7. The Balaban J connectivity index is -0.000000180. The normalized spacial score (nSPS) is 10.7. The van der Waals surface area contributed by atoms with E-state index >= 15 is 0 Å². The van der Waals surface area contributed by atoms with Gasteiger partial charge >= 0.3 is 0 Å². The van der Waals surface area contributed by atoms with Crippen molar-refractivity contribution in [1.82, 2.24) is 0 Å². The summed E-state index contributed by atoms with van der Waals surface area (Å²) in [4.78, 5) is 20.0. The van der Waals surface area contributed by atoms with Crippen LogP contribution in [0.4, 0.5) is 0 Å². The quantitative estimate of drug-likeness (QED) is 0.590. The molecule has 0 amide bonds. The van der Waals surface area contributed by atoms with E-state index in [0.717, 1.165) is 0 Å². The molecule has 0 atom stereocenters. The fraction of sp³-hybridized carbons (Fsp3) is 0.400. The van der Waals surface area contributed by atoms with Gasteiger partial charge in [-0.1, -0.05) is 0 Å². The van der Waals surface area contributed by atoms with Crippen LogP contribution in [0.3, 0.4) is 0 Å². The van der Waals surface area contributed by atoms with E-state index in [1.54, 1.807) is 0 Å². The second-order valence-electron chi connectivity index (χ2n) is 2.79. The van der Waals surface area contributed by atoms with Crippen molar-refractivity contribution in [3.63, 3.8) is 0 Å². The minimum Gasteiger partial charge on any atom is -0.512 e. The Bertz CT molecular complexity index is 231. The van der Waals surface area contributed by atoms with E-state index in [2.05, 4.69) is 0 Å². The number of aliphatic hydroxyl groups excluding tert-OH is 2. The molecule has 0 saturated carbocycles. The minimum atomic E-state index is -0.125. The Morgan fingerprint density at radius 1 is 0.800 bits per heavy atom. The molecule has 0 heterocycles. The van der Waals surface area contributed by atoms with Crippen molar-refractivity contribution in [1.29, 1.82) is 0 Å². The molecule has 0 rings (SSSR count). The van der Waals surface area contributed by atoms with Crippen molar-refractivity contribution in [3.05, 3.63) is 23.7 Å². The summed E-state index contributed by atoms with van der Waals surface area (Å²) >= 11 is 0. The van der Waals surface area contributed by atoms with Crippen molar-refractivity contribution in [2.24, 2.45) is 0 Å². The molecule has 0 bridgehead atoms. The molecule has 0 saturated heterocycles. The topological polar surface area (TPSA) is 74.6 Å². The molecule has 5 heteroatoms. The van der Waals surface area contributed by atoms with Gasteiger partial charge in [-0.05, 0) is 27.7 Å². The molecule has 4 nitrogen and oxygen atoms in total. The second kappa shape index (κ2) is 11.8. The summed E-state index contributed by atoms with van der Waals surface area (Å²) in [6.45, 7) is 5.70. The maximum atomic E-state index is 10.0. The van der Waals surface area contributed by atoms with Crippen molar-refractivity contribution in [2.75, 3.05) is 0 Å². The maximum Gasteiger partial charge on any atom is 0.155 e. The van der Waals surface area contributed by atoms with E-state index in [4.69, 9.17) is 10.2 Å². The molecule has 2 N–H and O–H groups in total. The Morgan fingerprint density at radius 2 is 1.00 bits per heavy atom. The molecule has 0 aromatic heterocycles. The number of hydrogen-bond acceptors (Lipinski definition) is 4. The molecule has 15 heavy (non-hydrogen) atoms. The maximum absolute atomic E-state index is 10.0. The summed E-state index contributed by atoms with van der Waals surface area (Å²) in [5.41, 5.74) is 0. The Hall–Kier alpha value is -0.242. The molecule has 0 aliphatic rings. The van der Waals surface area contributed by atoms with Gasteiger partial charge in [0.25, 0.3) is 0 Å². The van der Waals surface area contributed by atoms with Crippen molar-refractivity contribution < 1.29 is 60.2 Å². The summed E-state index contributed by atoms with van der Waals surface area (Å²) in [7, 11) is 0. The average molecular weight is 351 g/mol. The molecule has 86 valence electrons. The second-order valence-corrected chi connectivity index (χ2v) is 2.79. The number of carbonyl (C=O) groups excluding carboxylic acids is 2. The zero-order valence-electron chi connectivity index (χ0n) is 9.27. The predicted octanol–water partition coefficient (Wildman–Crippen LogP) is 2.07. The number of ketones is 2. The number of carbonyl (C=O) groups is 2. The van der Waals surface area contributed by atoms with E-state index in [1.165, 1.54) is 39.8 Å². The molecule has 0 radical (unpaired) electrons. The summed E-state index contributed by atoms with van der Waals surface area (Å²) in [6.07, 6.45) is 2.33. The predicted molar refractivity (Wildman–Crippen MR) is 54.1 cm³/mol. The third kappa shape index (κ3) is 31.6. The van der Waals surface area contributed by atoms with Gasteiger partial charge in [0.2, 0.25) is 0 Å². The largest absolute Gasteiger partial charge is 0.512 e. The first-order valence-electron chi connectivity index (χ1n) is 4.01. The summed E-state index contributed by atoms with van der Waals surface area (Å²) in [6, 6.07) is 0. The van der Waals surface area contributed by atoms with Gasteiger partial charge in [-0.15, -0.1) is 0 Å². The van der Waals surface area contributed by atoms with Crippen LogP contribution in [-0.2, 0) is 9.59 Å².